The number of likely N-dealkylation sites (N-methyl/N-ethyl adjacent to an activating group) is 1. The molecule has 3 saturated heterocycles. The maximum Gasteiger partial charge on any atom is 0.407 e. The SMILES string of the molecule is CN1CCN(C2CCN(C(=O)C(Cc3ccc(Cl)c(Cl)c3)[C@H]3CC(N4Cc5cscc5NC4=O)CCN3C(=O)O)CC2)CC1. The Kier molecular flexibility index (Phi) is 9.58. The van der Waals surface area contributed by atoms with Crippen molar-refractivity contribution in [2.75, 3.05) is 58.2 Å². The minimum absolute atomic E-state index is 0.0342. The van der Waals surface area contributed by atoms with Crippen LogP contribution in [0.5, 0.6) is 0 Å². The van der Waals surface area contributed by atoms with E-state index < -0.39 is 18.1 Å². The Morgan fingerprint density at radius 2 is 1.73 bits per heavy atom. The second-order valence-electron chi connectivity index (χ2n) is 12.5. The first-order chi connectivity index (χ1) is 21.2. The maximum absolute atomic E-state index is 14.5. The largest absolute Gasteiger partial charge is 0.465 e. The molecule has 0 radical (unpaired) electrons. The third-order valence-electron chi connectivity index (χ3n) is 9.94. The van der Waals surface area contributed by atoms with Gasteiger partial charge in [-0.05, 0) is 62.2 Å². The van der Waals surface area contributed by atoms with Crippen LogP contribution in [0.1, 0.15) is 36.8 Å². The number of carbonyl (C=O) groups is 3. The van der Waals surface area contributed by atoms with Crippen molar-refractivity contribution < 1.29 is 19.5 Å². The van der Waals surface area contributed by atoms with E-state index in [9.17, 15) is 19.5 Å². The lowest BCUT2D eigenvalue weighted by Crippen LogP contribution is -2.59. The number of carbonyl (C=O) groups excluding carboxylic acids is 2. The summed E-state index contributed by atoms with van der Waals surface area (Å²) in [5, 5.41) is 18.1. The van der Waals surface area contributed by atoms with Crippen LogP contribution in [-0.2, 0) is 17.8 Å². The van der Waals surface area contributed by atoms with Gasteiger partial charge in [0.15, 0.2) is 0 Å². The topological polar surface area (TPSA) is 99.7 Å². The lowest BCUT2D eigenvalue weighted by atomic mass is 9.82. The Bertz CT molecular complexity index is 1380. The van der Waals surface area contributed by atoms with Crippen molar-refractivity contribution in [3.8, 4) is 0 Å². The van der Waals surface area contributed by atoms with Gasteiger partial charge in [0.25, 0.3) is 0 Å². The molecule has 3 fully saturated rings. The molecule has 2 N–H and O–H groups in total. The number of nitrogens with one attached hydrogen (secondary N) is 1. The molecule has 4 aliphatic rings. The molecule has 6 rings (SSSR count). The van der Waals surface area contributed by atoms with Gasteiger partial charge >= 0.3 is 12.1 Å². The summed E-state index contributed by atoms with van der Waals surface area (Å²) in [6.07, 6.45) is 1.99. The monoisotopic (exact) mass is 662 g/mol. The molecule has 10 nitrogen and oxygen atoms in total. The van der Waals surface area contributed by atoms with Crippen molar-refractivity contribution in [2.45, 2.75) is 56.8 Å². The van der Waals surface area contributed by atoms with Crippen LogP contribution < -0.4 is 5.32 Å². The van der Waals surface area contributed by atoms with E-state index in [2.05, 4.69) is 22.2 Å². The van der Waals surface area contributed by atoms with Crippen molar-refractivity contribution in [1.29, 1.82) is 0 Å². The number of thiophene rings is 1. The highest BCUT2D eigenvalue weighted by molar-refractivity contribution is 7.08. The van der Waals surface area contributed by atoms with E-state index in [-0.39, 0.29) is 24.5 Å². The molecule has 3 atom stereocenters. The molecule has 0 aliphatic carbocycles. The highest BCUT2D eigenvalue weighted by atomic mass is 35.5. The molecule has 0 saturated carbocycles. The number of anilines is 1. The summed E-state index contributed by atoms with van der Waals surface area (Å²) < 4.78 is 0. The Hall–Kier alpha value is -2.57. The van der Waals surface area contributed by atoms with Gasteiger partial charge in [-0.3, -0.25) is 9.69 Å². The molecule has 4 amide bonds. The number of rotatable bonds is 6. The fraction of sp³-hybridized carbons (Fsp3) is 0.581. The molecule has 2 aromatic rings. The first-order valence-electron chi connectivity index (χ1n) is 15.5. The van der Waals surface area contributed by atoms with Gasteiger partial charge in [0.05, 0.1) is 28.2 Å². The van der Waals surface area contributed by atoms with Crippen LogP contribution in [0, 0.1) is 5.92 Å². The van der Waals surface area contributed by atoms with Crippen molar-refractivity contribution in [3.05, 3.63) is 50.1 Å². The zero-order valence-corrected chi connectivity index (χ0v) is 27.3. The van der Waals surface area contributed by atoms with Crippen LogP contribution in [0.15, 0.2) is 29.0 Å². The van der Waals surface area contributed by atoms with Crippen molar-refractivity contribution >= 4 is 58.3 Å². The van der Waals surface area contributed by atoms with Crippen LogP contribution >= 0.6 is 34.5 Å². The molecule has 4 aliphatic heterocycles. The molecule has 44 heavy (non-hydrogen) atoms. The first kappa shape index (κ1) is 31.4. The lowest BCUT2D eigenvalue weighted by molar-refractivity contribution is -0.140. The minimum atomic E-state index is -1.04. The van der Waals surface area contributed by atoms with Gasteiger partial charge < -0.3 is 30.0 Å². The summed E-state index contributed by atoms with van der Waals surface area (Å²) in [5.41, 5.74) is 2.72. The second-order valence-corrected chi connectivity index (χ2v) is 14.1. The Balaban J connectivity index is 1.24. The number of hydrogen-bond acceptors (Lipinski definition) is 6. The molecule has 238 valence electrons. The molecule has 13 heteroatoms. The third kappa shape index (κ3) is 6.67. The van der Waals surface area contributed by atoms with Crippen molar-refractivity contribution in [3.63, 3.8) is 0 Å². The molecule has 2 unspecified atom stereocenters. The molecule has 1 aromatic heterocycles. The van der Waals surface area contributed by atoms with E-state index in [1.807, 2.05) is 26.6 Å². The molecular weight excluding hydrogens is 623 g/mol. The number of piperidine rings is 2. The number of fused-ring (bicyclic) bond motifs is 1. The predicted molar refractivity (Wildman–Crippen MR) is 173 cm³/mol. The van der Waals surface area contributed by atoms with E-state index >= 15 is 0 Å². The Morgan fingerprint density at radius 3 is 2.43 bits per heavy atom. The first-order valence-corrected chi connectivity index (χ1v) is 17.2. The highest BCUT2D eigenvalue weighted by Crippen LogP contribution is 2.36. The van der Waals surface area contributed by atoms with Gasteiger partial charge in [-0.2, -0.15) is 0 Å². The van der Waals surface area contributed by atoms with Crippen LogP contribution in [0.25, 0.3) is 0 Å². The standard InChI is InChI=1S/C31H40Cl2N6O4S/c1-35-10-12-36(13-11-35)22-4-7-37(8-5-22)29(40)24(14-20-2-3-25(32)26(33)15-20)28-16-23(6-9-38(28)31(42)43)39-17-21-18-44-19-27(21)34-30(39)41/h2-3,15,18-19,22-24,28H,4-14,16-17H2,1H3,(H,34,41)(H,42,43)/t23?,24?,28-/m1/s1. The third-order valence-corrected chi connectivity index (χ3v) is 11.5. The number of hydrogen-bond donors (Lipinski definition) is 2. The van der Waals surface area contributed by atoms with Crippen molar-refractivity contribution in [2.24, 2.45) is 5.92 Å². The van der Waals surface area contributed by atoms with E-state index in [0.717, 1.165) is 55.8 Å². The average Bonchev–Trinajstić information content (AvgIpc) is 3.48. The normalized spacial score (nSPS) is 24.6. The van der Waals surface area contributed by atoms with E-state index in [1.165, 1.54) is 4.90 Å². The molecule has 5 heterocycles. The van der Waals surface area contributed by atoms with Crippen LogP contribution in [0.4, 0.5) is 15.3 Å². The quantitative estimate of drug-likeness (QED) is 0.451. The molecule has 0 bridgehead atoms. The molecule has 1 aromatic carbocycles. The summed E-state index contributed by atoms with van der Waals surface area (Å²) in [5.74, 6) is -0.663. The lowest BCUT2D eigenvalue weighted by Gasteiger charge is -2.47. The number of halogens is 2. The van der Waals surface area contributed by atoms with Gasteiger partial charge in [0.1, 0.15) is 0 Å². The number of amides is 4. The number of urea groups is 1. The minimum Gasteiger partial charge on any atom is -0.465 e. The fourth-order valence-corrected chi connectivity index (χ4v) is 8.45. The Labute approximate surface area is 272 Å². The molecule has 0 spiro atoms. The van der Waals surface area contributed by atoms with Gasteiger partial charge in [0, 0.05) is 74.9 Å². The predicted octanol–water partition coefficient (Wildman–Crippen LogP) is 5.01. The van der Waals surface area contributed by atoms with Gasteiger partial charge in [-0.1, -0.05) is 29.3 Å². The van der Waals surface area contributed by atoms with Gasteiger partial charge in [-0.25, -0.2) is 9.59 Å². The smallest absolute Gasteiger partial charge is 0.407 e. The number of likely N-dealkylation sites (tertiary alicyclic amines) is 2. The average molecular weight is 664 g/mol. The van der Waals surface area contributed by atoms with Gasteiger partial charge in [-0.15, -0.1) is 11.3 Å². The highest BCUT2D eigenvalue weighted by Gasteiger charge is 2.44. The molecular formula is C31H40Cl2N6O4S. The van der Waals surface area contributed by atoms with Crippen LogP contribution in [0.3, 0.4) is 0 Å². The summed E-state index contributed by atoms with van der Waals surface area (Å²) >= 11 is 14.1. The summed E-state index contributed by atoms with van der Waals surface area (Å²) in [7, 11) is 2.15. The van der Waals surface area contributed by atoms with Crippen molar-refractivity contribution in [1.82, 2.24) is 24.5 Å². The van der Waals surface area contributed by atoms with E-state index in [1.54, 1.807) is 23.5 Å². The summed E-state index contributed by atoms with van der Waals surface area (Å²) in [6, 6.07) is 4.83. The van der Waals surface area contributed by atoms with Gasteiger partial charge in [0.2, 0.25) is 5.91 Å². The Morgan fingerprint density at radius 1 is 1.00 bits per heavy atom. The van der Waals surface area contributed by atoms with E-state index in [0.29, 0.717) is 55.0 Å². The van der Waals surface area contributed by atoms with Crippen LogP contribution in [-0.4, -0.2) is 119 Å². The fourth-order valence-electron chi connectivity index (χ4n) is 7.35. The summed E-state index contributed by atoms with van der Waals surface area (Å²) in [4.78, 5) is 50.3. The number of benzene rings is 1. The summed E-state index contributed by atoms with van der Waals surface area (Å²) in [6.45, 7) is 6.22. The number of carboxylic acid groups (broad SMARTS) is 1. The zero-order chi connectivity index (χ0) is 31.0. The van der Waals surface area contributed by atoms with E-state index in [4.69, 9.17) is 23.2 Å². The van der Waals surface area contributed by atoms with Crippen LogP contribution in [0.2, 0.25) is 10.0 Å². The zero-order valence-electron chi connectivity index (χ0n) is 25.0. The second kappa shape index (κ2) is 13.4. The number of nitrogens with zero attached hydrogens (tertiary/aromatic N) is 5. The maximum atomic E-state index is 14.5. The number of piperazine rings is 1.